The first-order valence-corrected chi connectivity index (χ1v) is 11.3. The first kappa shape index (κ1) is 21.7. The molecule has 5 nitrogen and oxygen atoms in total. The topological polar surface area (TPSA) is 66.6 Å². The molecule has 2 N–H and O–H groups in total. The van der Waals surface area contributed by atoms with Gasteiger partial charge in [0.1, 0.15) is 5.75 Å². The molecule has 5 rings (SSSR count). The molecule has 0 aliphatic carbocycles. The van der Waals surface area contributed by atoms with Crippen LogP contribution < -0.4 is 5.43 Å². The average molecular weight is 468 g/mol. The highest BCUT2D eigenvalue weighted by atomic mass is 35.5. The van der Waals surface area contributed by atoms with Crippen LogP contribution in [0.15, 0.2) is 90.0 Å². The lowest BCUT2D eigenvalue weighted by Crippen LogP contribution is -2.17. The number of fused-ring (bicyclic) bond motifs is 2. The second-order valence-corrected chi connectivity index (χ2v) is 8.58. The highest BCUT2D eigenvalue weighted by Gasteiger charge is 2.14. The summed E-state index contributed by atoms with van der Waals surface area (Å²) >= 11 is 6.04. The molecule has 1 aromatic heterocycles. The number of nitrogens with one attached hydrogen (secondary N) is 1. The van der Waals surface area contributed by atoms with Gasteiger partial charge in [-0.3, -0.25) is 4.79 Å². The maximum atomic E-state index is 12.7. The van der Waals surface area contributed by atoms with Gasteiger partial charge in [-0.15, -0.1) is 0 Å². The zero-order valence-corrected chi connectivity index (χ0v) is 19.3. The number of phenols is 1. The van der Waals surface area contributed by atoms with Crippen LogP contribution in [0.1, 0.15) is 27.2 Å². The Balaban J connectivity index is 1.43. The predicted molar refractivity (Wildman–Crippen MR) is 138 cm³/mol. The number of hydrogen-bond acceptors (Lipinski definition) is 3. The molecule has 0 atom stereocenters. The number of aromatic nitrogens is 1. The van der Waals surface area contributed by atoms with E-state index in [1.807, 2.05) is 73.7 Å². The molecule has 0 aliphatic rings. The van der Waals surface area contributed by atoms with Crippen molar-refractivity contribution in [1.82, 2.24) is 9.99 Å². The Kier molecular flexibility index (Phi) is 5.78. The Morgan fingerprint density at radius 2 is 1.68 bits per heavy atom. The maximum Gasteiger partial charge on any atom is 0.275 e. The van der Waals surface area contributed by atoms with Gasteiger partial charge in [-0.25, -0.2) is 5.43 Å². The molecule has 0 radical (unpaired) electrons. The molecule has 6 heteroatoms. The van der Waals surface area contributed by atoms with E-state index < -0.39 is 5.91 Å². The predicted octanol–water partition coefficient (Wildman–Crippen LogP) is 6.27. The summed E-state index contributed by atoms with van der Waals surface area (Å²) in [5, 5.41) is 18.0. The van der Waals surface area contributed by atoms with E-state index in [1.165, 1.54) is 0 Å². The van der Waals surface area contributed by atoms with Crippen molar-refractivity contribution in [3.05, 3.63) is 112 Å². The molecular formula is C28H22ClN3O2. The molecule has 1 amide bonds. The third-order valence-corrected chi connectivity index (χ3v) is 6.25. The van der Waals surface area contributed by atoms with Crippen molar-refractivity contribution in [1.29, 1.82) is 0 Å². The lowest BCUT2D eigenvalue weighted by Gasteiger charge is -2.09. The molecular weight excluding hydrogens is 446 g/mol. The van der Waals surface area contributed by atoms with E-state index in [1.54, 1.807) is 18.3 Å². The Bertz CT molecular complexity index is 1550. The van der Waals surface area contributed by atoms with Crippen molar-refractivity contribution in [3.63, 3.8) is 0 Å². The minimum absolute atomic E-state index is 0.0813. The lowest BCUT2D eigenvalue weighted by atomic mass is 10.1. The molecule has 0 bridgehead atoms. The van der Waals surface area contributed by atoms with E-state index in [-0.39, 0.29) is 11.3 Å². The summed E-state index contributed by atoms with van der Waals surface area (Å²) in [7, 11) is 0. The third kappa shape index (κ3) is 4.14. The van der Waals surface area contributed by atoms with Crippen LogP contribution in [-0.4, -0.2) is 21.8 Å². The number of para-hydroxylation sites is 1. The van der Waals surface area contributed by atoms with Crippen LogP contribution in [0.5, 0.6) is 5.75 Å². The Morgan fingerprint density at radius 1 is 1.00 bits per heavy atom. The van der Waals surface area contributed by atoms with Crippen LogP contribution in [-0.2, 0) is 6.54 Å². The van der Waals surface area contributed by atoms with Gasteiger partial charge in [0.2, 0.25) is 0 Å². The number of benzene rings is 4. The smallest absolute Gasteiger partial charge is 0.275 e. The summed E-state index contributed by atoms with van der Waals surface area (Å²) in [5.74, 6) is -0.552. The Labute approximate surface area is 201 Å². The fourth-order valence-electron chi connectivity index (χ4n) is 4.22. The monoisotopic (exact) mass is 467 g/mol. The molecule has 0 fully saturated rings. The number of carbonyl (C=O) groups is 1. The summed E-state index contributed by atoms with van der Waals surface area (Å²) in [4.78, 5) is 12.7. The summed E-state index contributed by atoms with van der Waals surface area (Å²) in [6.45, 7) is 2.73. The summed E-state index contributed by atoms with van der Waals surface area (Å²) < 4.78 is 2.22. The normalized spacial score (nSPS) is 11.5. The second-order valence-electron chi connectivity index (χ2n) is 8.14. The minimum atomic E-state index is -0.470. The SMILES string of the molecule is Cc1c(C=NNC(=O)c2cc3ccccc3cc2O)c2ccccc2n1Cc1ccc(Cl)cc1. The number of halogens is 1. The van der Waals surface area contributed by atoms with Gasteiger partial charge in [0.25, 0.3) is 5.91 Å². The molecule has 0 spiro atoms. The van der Waals surface area contributed by atoms with E-state index in [4.69, 9.17) is 11.6 Å². The van der Waals surface area contributed by atoms with Crippen LogP contribution >= 0.6 is 11.6 Å². The number of hydrazone groups is 1. The summed E-state index contributed by atoms with van der Waals surface area (Å²) in [5.41, 5.74) is 6.90. The number of aromatic hydroxyl groups is 1. The van der Waals surface area contributed by atoms with E-state index in [9.17, 15) is 9.90 Å². The van der Waals surface area contributed by atoms with Gasteiger partial charge in [-0.2, -0.15) is 5.10 Å². The molecule has 0 unspecified atom stereocenters. The molecule has 0 saturated carbocycles. The van der Waals surface area contributed by atoms with Crippen molar-refractivity contribution in [3.8, 4) is 5.75 Å². The number of carbonyl (C=O) groups excluding carboxylic acids is 1. The van der Waals surface area contributed by atoms with Crippen LogP contribution in [0.4, 0.5) is 0 Å². The van der Waals surface area contributed by atoms with E-state index in [2.05, 4.69) is 21.2 Å². The minimum Gasteiger partial charge on any atom is -0.507 e. The molecule has 0 aliphatic heterocycles. The van der Waals surface area contributed by atoms with E-state index in [0.717, 1.165) is 38.5 Å². The first-order valence-electron chi connectivity index (χ1n) is 10.9. The summed E-state index contributed by atoms with van der Waals surface area (Å²) in [6, 6.07) is 26.7. The van der Waals surface area contributed by atoms with Crippen molar-refractivity contribution >= 4 is 45.4 Å². The molecule has 34 heavy (non-hydrogen) atoms. The lowest BCUT2D eigenvalue weighted by molar-refractivity contribution is 0.0952. The average Bonchev–Trinajstić information content (AvgIpc) is 3.11. The van der Waals surface area contributed by atoms with Crippen LogP contribution in [0, 0.1) is 6.92 Å². The van der Waals surface area contributed by atoms with Gasteiger partial charge in [0.05, 0.1) is 11.8 Å². The quantitative estimate of drug-likeness (QED) is 0.236. The van der Waals surface area contributed by atoms with Gasteiger partial charge in [0, 0.05) is 33.7 Å². The van der Waals surface area contributed by atoms with E-state index in [0.29, 0.717) is 11.6 Å². The maximum absolute atomic E-state index is 12.7. The molecule has 1 heterocycles. The zero-order valence-electron chi connectivity index (χ0n) is 18.5. The highest BCUT2D eigenvalue weighted by molar-refractivity contribution is 6.30. The summed E-state index contributed by atoms with van der Waals surface area (Å²) in [6.07, 6.45) is 1.66. The number of amides is 1. The standard InChI is InChI=1S/C28H22ClN3O2/c1-18-25(16-30-31-28(34)24-14-20-6-2-3-7-21(20)15-27(24)33)23-8-4-5-9-26(23)32(18)17-19-10-12-22(29)13-11-19/h2-16,33H,17H2,1H3,(H,31,34). The third-order valence-electron chi connectivity index (χ3n) is 6.00. The fraction of sp³-hybridized carbons (Fsp3) is 0.0714. The van der Waals surface area contributed by atoms with Crippen molar-refractivity contribution in [2.45, 2.75) is 13.5 Å². The van der Waals surface area contributed by atoms with Crippen molar-refractivity contribution in [2.24, 2.45) is 5.10 Å². The second kappa shape index (κ2) is 9.04. The van der Waals surface area contributed by atoms with Crippen LogP contribution in [0.2, 0.25) is 5.02 Å². The van der Waals surface area contributed by atoms with Crippen LogP contribution in [0.25, 0.3) is 21.7 Å². The molecule has 4 aromatic carbocycles. The van der Waals surface area contributed by atoms with Gasteiger partial charge < -0.3 is 9.67 Å². The molecule has 0 saturated heterocycles. The number of hydrogen-bond donors (Lipinski definition) is 2. The fourth-order valence-corrected chi connectivity index (χ4v) is 4.35. The van der Waals surface area contributed by atoms with Gasteiger partial charge in [0.15, 0.2) is 0 Å². The number of nitrogens with zero attached hydrogens (tertiary/aromatic N) is 2. The zero-order chi connectivity index (χ0) is 23.7. The first-order chi connectivity index (χ1) is 16.5. The van der Waals surface area contributed by atoms with Crippen LogP contribution in [0.3, 0.4) is 0 Å². The highest BCUT2D eigenvalue weighted by Crippen LogP contribution is 2.27. The van der Waals surface area contributed by atoms with Gasteiger partial charge in [-0.1, -0.05) is 66.2 Å². The van der Waals surface area contributed by atoms with Gasteiger partial charge >= 0.3 is 0 Å². The number of phenolic OH excluding ortho intramolecular Hbond substituents is 1. The molecule has 168 valence electrons. The van der Waals surface area contributed by atoms with Crippen molar-refractivity contribution in [2.75, 3.05) is 0 Å². The molecule has 5 aromatic rings. The Hall–Kier alpha value is -4.09. The number of rotatable bonds is 5. The Morgan fingerprint density at radius 3 is 2.44 bits per heavy atom. The van der Waals surface area contributed by atoms with Gasteiger partial charge in [-0.05, 0) is 53.6 Å². The van der Waals surface area contributed by atoms with E-state index >= 15 is 0 Å². The largest absolute Gasteiger partial charge is 0.507 e. The van der Waals surface area contributed by atoms with Crippen molar-refractivity contribution < 1.29 is 9.90 Å².